The summed E-state index contributed by atoms with van der Waals surface area (Å²) in [6, 6.07) is 10.4. The maximum atomic E-state index is 5.94. The number of aryl methyl sites for hydroxylation is 4. The van der Waals surface area contributed by atoms with Crippen molar-refractivity contribution in [2.75, 3.05) is 5.88 Å². The molecule has 0 spiro atoms. The van der Waals surface area contributed by atoms with Gasteiger partial charge in [-0.05, 0) is 56.2 Å². The molecule has 0 radical (unpaired) electrons. The molecule has 4 heteroatoms. The molecule has 21 heavy (non-hydrogen) atoms. The fourth-order valence-corrected chi connectivity index (χ4v) is 2.66. The number of hydrogen-bond donors (Lipinski definition) is 0. The summed E-state index contributed by atoms with van der Waals surface area (Å²) in [6.07, 6.45) is 0.726. The van der Waals surface area contributed by atoms with E-state index in [-0.39, 0.29) is 0 Å². The van der Waals surface area contributed by atoms with Crippen LogP contribution < -0.4 is 0 Å². The number of hydrogen-bond acceptors (Lipinski definition) is 2. The second kappa shape index (κ2) is 5.49. The highest BCUT2D eigenvalue weighted by Gasteiger charge is 2.13. The molecule has 3 nitrogen and oxygen atoms in total. The highest BCUT2D eigenvalue weighted by Crippen LogP contribution is 2.23. The lowest BCUT2D eigenvalue weighted by atomic mass is 10.1. The van der Waals surface area contributed by atoms with Gasteiger partial charge in [0.15, 0.2) is 5.65 Å². The van der Waals surface area contributed by atoms with Crippen molar-refractivity contribution >= 4 is 22.8 Å². The first-order valence-corrected chi connectivity index (χ1v) is 7.62. The zero-order chi connectivity index (χ0) is 15.0. The van der Waals surface area contributed by atoms with Gasteiger partial charge in [0, 0.05) is 23.7 Å². The van der Waals surface area contributed by atoms with Crippen LogP contribution in [0.1, 0.15) is 22.6 Å². The number of fused-ring (bicyclic) bond motifs is 1. The van der Waals surface area contributed by atoms with Gasteiger partial charge in [0.25, 0.3) is 0 Å². The molecule has 0 saturated carbocycles. The first kappa shape index (κ1) is 14.1. The van der Waals surface area contributed by atoms with E-state index < -0.39 is 0 Å². The summed E-state index contributed by atoms with van der Waals surface area (Å²) in [4.78, 5) is 9.35. The van der Waals surface area contributed by atoms with Crippen molar-refractivity contribution in [2.24, 2.45) is 0 Å². The van der Waals surface area contributed by atoms with Gasteiger partial charge in [-0.25, -0.2) is 9.97 Å². The van der Waals surface area contributed by atoms with Crippen molar-refractivity contribution in [3.63, 3.8) is 0 Å². The van der Waals surface area contributed by atoms with E-state index in [2.05, 4.69) is 46.6 Å². The molecule has 0 amide bonds. The SMILES string of the molecule is Cc1ccc2nc(CCCl)n(-c3ccc(C)c(C)c3)c2n1. The Kier molecular flexibility index (Phi) is 3.68. The molecule has 0 unspecified atom stereocenters. The van der Waals surface area contributed by atoms with Crippen molar-refractivity contribution in [1.29, 1.82) is 0 Å². The number of alkyl halides is 1. The fourth-order valence-electron chi connectivity index (χ4n) is 2.49. The second-order valence-electron chi connectivity index (χ2n) is 5.37. The molecule has 0 N–H and O–H groups in total. The molecule has 0 aliphatic rings. The molecular formula is C17H18ClN3. The van der Waals surface area contributed by atoms with E-state index in [0.717, 1.165) is 34.8 Å². The molecule has 0 saturated heterocycles. The number of halogens is 1. The van der Waals surface area contributed by atoms with Crippen LogP contribution in [0.5, 0.6) is 0 Å². The second-order valence-corrected chi connectivity index (χ2v) is 5.74. The first-order valence-electron chi connectivity index (χ1n) is 7.08. The monoisotopic (exact) mass is 299 g/mol. The standard InChI is InChI=1S/C17H18ClN3/c1-11-4-6-14(10-12(11)2)21-16(8-9-18)20-15-7-5-13(3)19-17(15)21/h4-7,10H,8-9H2,1-3H3. The van der Waals surface area contributed by atoms with Gasteiger partial charge in [0.1, 0.15) is 11.3 Å². The van der Waals surface area contributed by atoms with E-state index in [4.69, 9.17) is 11.6 Å². The average Bonchev–Trinajstić information content (AvgIpc) is 2.80. The average molecular weight is 300 g/mol. The van der Waals surface area contributed by atoms with Crippen LogP contribution in [0.25, 0.3) is 16.9 Å². The van der Waals surface area contributed by atoms with Crippen molar-refractivity contribution < 1.29 is 0 Å². The molecule has 0 fully saturated rings. The Morgan fingerprint density at radius 1 is 1.00 bits per heavy atom. The summed E-state index contributed by atoms with van der Waals surface area (Å²) >= 11 is 5.94. The van der Waals surface area contributed by atoms with Crippen LogP contribution in [-0.2, 0) is 6.42 Å². The third kappa shape index (κ3) is 2.54. The predicted molar refractivity (Wildman–Crippen MR) is 87.5 cm³/mol. The van der Waals surface area contributed by atoms with Gasteiger partial charge in [0.05, 0.1) is 0 Å². The van der Waals surface area contributed by atoms with Crippen LogP contribution in [0.3, 0.4) is 0 Å². The van der Waals surface area contributed by atoms with Crippen molar-refractivity contribution in [1.82, 2.24) is 14.5 Å². The molecule has 0 bridgehead atoms. The van der Waals surface area contributed by atoms with Crippen LogP contribution in [0.15, 0.2) is 30.3 Å². The molecule has 2 aromatic heterocycles. The topological polar surface area (TPSA) is 30.7 Å². The Bertz CT molecular complexity index is 805. The fraction of sp³-hybridized carbons (Fsp3) is 0.294. The summed E-state index contributed by atoms with van der Waals surface area (Å²) in [7, 11) is 0. The predicted octanol–water partition coefficient (Wildman–Crippen LogP) is 4.13. The maximum Gasteiger partial charge on any atom is 0.164 e. The van der Waals surface area contributed by atoms with Crippen molar-refractivity contribution in [3.8, 4) is 5.69 Å². The highest BCUT2D eigenvalue weighted by molar-refractivity contribution is 6.17. The number of imidazole rings is 1. The van der Waals surface area contributed by atoms with E-state index in [9.17, 15) is 0 Å². The van der Waals surface area contributed by atoms with Crippen LogP contribution in [-0.4, -0.2) is 20.4 Å². The number of aromatic nitrogens is 3. The smallest absolute Gasteiger partial charge is 0.164 e. The minimum absolute atomic E-state index is 0.549. The zero-order valence-corrected chi connectivity index (χ0v) is 13.3. The van der Waals surface area contributed by atoms with Crippen molar-refractivity contribution in [2.45, 2.75) is 27.2 Å². The van der Waals surface area contributed by atoms with Crippen LogP contribution in [0.2, 0.25) is 0 Å². The van der Waals surface area contributed by atoms with Gasteiger partial charge in [-0.1, -0.05) is 6.07 Å². The van der Waals surface area contributed by atoms with E-state index in [0.29, 0.717) is 5.88 Å². The third-order valence-corrected chi connectivity index (χ3v) is 3.97. The van der Waals surface area contributed by atoms with Crippen LogP contribution >= 0.6 is 11.6 Å². The molecule has 1 aromatic carbocycles. The lowest BCUT2D eigenvalue weighted by Crippen LogP contribution is -2.04. The largest absolute Gasteiger partial charge is 0.281 e. The molecule has 3 aromatic rings. The van der Waals surface area contributed by atoms with E-state index in [1.807, 2.05) is 19.1 Å². The van der Waals surface area contributed by atoms with E-state index in [1.165, 1.54) is 11.1 Å². The molecular weight excluding hydrogens is 282 g/mol. The lowest BCUT2D eigenvalue weighted by molar-refractivity contribution is 0.902. The van der Waals surface area contributed by atoms with Gasteiger partial charge in [0.2, 0.25) is 0 Å². The summed E-state index contributed by atoms with van der Waals surface area (Å²) in [5.41, 5.74) is 6.45. The summed E-state index contributed by atoms with van der Waals surface area (Å²) in [5, 5.41) is 0. The van der Waals surface area contributed by atoms with Gasteiger partial charge in [-0.2, -0.15) is 0 Å². The number of benzene rings is 1. The van der Waals surface area contributed by atoms with Crippen LogP contribution in [0, 0.1) is 20.8 Å². The molecule has 0 aliphatic carbocycles. The Morgan fingerprint density at radius 3 is 2.52 bits per heavy atom. The summed E-state index contributed by atoms with van der Waals surface area (Å²) < 4.78 is 2.12. The quantitative estimate of drug-likeness (QED) is 0.681. The van der Waals surface area contributed by atoms with Crippen LogP contribution in [0.4, 0.5) is 0 Å². The Labute approximate surface area is 129 Å². The van der Waals surface area contributed by atoms with E-state index in [1.54, 1.807) is 0 Å². The van der Waals surface area contributed by atoms with Gasteiger partial charge in [-0.15, -0.1) is 11.6 Å². The summed E-state index contributed by atoms with van der Waals surface area (Å²) in [6.45, 7) is 6.24. The first-order chi connectivity index (χ1) is 10.1. The van der Waals surface area contributed by atoms with Gasteiger partial charge < -0.3 is 0 Å². The molecule has 3 rings (SSSR count). The summed E-state index contributed by atoms with van der Waals surface area (Å²) in [5.74, 6) is 1.51. The third-order valence-electron chi connectivity index (χ3n) is 3.78. The Balaban J connectivity index is 2.29. The lowest BCUT2D eigenvalue weighted by Gasteiger charge is -2.10. The minimum Gasteiger partial charge on any atom is -0.281 e. The number of nitrogens with zero attached hydrogens (tertiary/aromatic N) is 3. The van der Waals surface area contributed by atoms with E-state index >= 15 is 0 Å². The Morgan fingerprint density at radius 2 is 1.81 bits per heavy atom. The normalized spacial score (nSPS) is 11.2. The van der Waals surface area contributed by atoms with Gasteiger partial charge >= 0.3 is 0 Å². The zero-order valence-electron chi connectivity index (χ0n) is 12.5. The minimum atomic E-state index is 0.549. The molecule has 2 heterocycles. The molecule has 0 atom stereocenters. The number of rotatable bonds is 3. The highest BCUT2D eigenvalue weighted by atomic mass is 35.5. The molecule has 0 aliphatic heterocycles. The molecule has 108 valence electrons. The van der Waals surface area contributed by atoms with Crippen molar-refractivity contribution in [3.05, 3.63) is 53.0 Å². The Hall–Kier alpha value is -1.87. The maximum absolute atomic E-state index is 5.94. The van der Waals surface area contributed by atoms with Gasteiger partial charge in [-0.3, -0.25) is 4.57 Å². The number of pyridine rings is 1.